The van der Waals surface area contributed by atoms with Gasteiger partial charge in [-0.25, -0.2) is 0 Å². The van der Waals surface area contributed by atoms with Crippen LogP contribution in [0.5, 0.6) is 5.75 Å². The number of rotatable bonds is 2. The quantitative estimate of drug-likeness (QED) is 0.910. The first-order valence-corrected chi connectivity index (χ1v) is 6.94. The summed E-state index contributed by atoms with van der Waals surface area (Å²) in [7, 11) is 0. The van der Waals surface area contributed by atoms with Crippen LogP contribution in [0, 0.1) is 13.8 Å². The molecule has 0 saturated carbocycles. The van der Waals surface area contributed by atoms with E-state index in [1.54, 1.807) is 0 Å². The van der Waals surface area contributed by atoms with Gasteiger partial charge in [0.05, 0.1) is 5.57 Å². The molecule has 2 aromatic carbocycles. The van der Waals surface area contributed by atoms with Crippen LogP contribution in [0.15, 0.2) is 48.0 Å². The Kier molecular flexibility index (Phi) is 3.48. The predicted molar refractivity (Wildman–Crippen MR) is 84.5 cm³/mol. The molecule has 1 aliphatic heterocycles. The highest BCUT2D eigenvalue weighted by molar-refractivity contribution is 6.07. The molecule has 0 saturated heterocycles. The maximum Gasteiger partial charge on any atom is 0.255 e. The number of benzene rings is 2. The molecule has 1 aliphatic rings. The van der Waals surface area contributed by atoms with E-state index in [-0.39, 0.29) is 5.91 Å². The highest BCUT2D eigenvalue weighted by Crippen LogP contribution is 2.26. The second-order valence-electron chi connectivity index (χ2n) is 5.25. The third-order valence-electron chi connectivity index (χ3n) is 3.69. The monoisotopic (exact) mass is 279 g/mol. The summed E-state index contributed by atoms with van der Waals surface area (Å²) in [6.45, 7) is 4.38. The lowest BCUT2D eigenvalue weighted by Gasteiger charge is -2.17. The molecule has 1 heterocycles. The number of anilines is 1. The van der Waals surface area contributed by atoms with E-state index in [4.69, 9.17) is 4.74 Å². The number of hydrogen-bond acceptors (Lipinski definition) is 2. The first-order valence-electron chi connectivity index (χ1n) is 6.94. The van der Waals surface area contributed by atoms with Gasteiger partial charge in [-0.15, -0.1) is 0 Å². The zero-order chi connectivity index (χ0) is 14.8. The van der Waals surface area contributed by atoms with Gasteiger partial charge in [-0.3, -0.25) is 4.79 Å². The van der Waals surface area contributed by atoms with E-state index in [0.717, 1.165) is 22.6 Å². The molecule has 0 atom stereocenters. The smallest absolute Gasteiger partial charge is 0.255 e. The lowest BCUT2D eigenvalue weighted by molar-refractivity contribution is -0.113. The molecule has 0 bridgehead atoms. The highest BCUT2D eigenvalue weighted by Gasteiger charge is 2.17. The second-order valence-corrected chi connectivity index (χ2v) is 5.25. The molecule has 0 radical (unpaired) electrons. The van der Waals surface area contributed by atoms with E-state index >= 15 is 0 Å². The molecule has 2 aromatic rings. The Balaban J connectivity index is 1.80. The van der Waals surface area contributed by atoms with Gasteiger partial charge in [0, 0.05) is 11.3 Å². The lowest BCUT2D eigenvalue weighted by Crippen LogP contribution is -2.21. The number of para-hydroxylation sites is 1. The molecule has 3 nitrogen and oxygen atoms in total. The molecular weight excluding hydrogens is 262 g/mol. The summed E-state index contributed by atoms with van der Waals surface area (Å²) in [6, 6.07) is 13.6. The number of hydrogen-bond donors (Lipinski definition) is 1. The Morgan fingerprint density at radius 3 is 2.71 bits per heavy atom. The minimum absolute atomic E-state index is 0.118. The molecule has 0 aliphatic carbocycles. The zero-order valence-electron chi connectivity index (χ0n) is 12.1. The van der Waals surface area contributed by atoms with Crippen molar-refractivity contribution in [2.45, 2.75) is 13.8 Å². The Labute approximate surface area is 124 Å². The van der Waals surface area contributed by atoms with Crippen LogP contribution in [0.2, 0.25) is 0 Å². The fourth-order valence-corrected chi connectivity index (χ4v) is 2.28. The van der Waals surface area contributed by atoms with Crippen LogP contribution in [0.1, 0.15) is 16.7 Å². The van der Waals surface area contributed by atoms with E-state index in [9.17, 15) is 4.79 Å². The molecule has 21 heavy (non-hydrogen) atoms. The summed E-state index contributed by atoms with van der Waals surface area (Å²) in [5, 5.41) is 2.92. The van der Waals surface area contributed by atoms with E-state index in [2.05, 4.69) is 12.2 Å². The van der Waals surface area contributed by atoms with Crippen LogP contribution in [-0.2, 0) is 4.79 Å². The first kappa shape index (κ1) is 13.4. The highest BCUT2D eigenvalue weighted by atomic mass is 16.5. The first-order chi connectivity index (χ1) is 10.1. The molecule has 1 N–H and O–H groups in total. The fraction of sp³-hybridized carbons (Fsp3) is 0.167. The number of amides is 1. The van der Waals surface area contributed by atoms with Crippen molar-refractivity contribution in [3.8, 4) is 5.75 Å². The van der Waals surface area contributed by atoms with Gasteiger partial charge in [0.2, 0.25) is 0 Å². The van der Waals surface area contributed by atoms with Crippen molar-refractivity contribution in [2.24, 2.45) is 0 Å². The summed E-state index contributed by atoms with van der Waals surface area (Å²) >= 11 is 0. The Morgan fingerprint density at radius 2 is 1.90 bits per heavy atom. The van der Waals surface area contributed by atoms with Crippen molar-refractivity contribution in [2.75, 3.05) is 11.9 Å². The second kappa shape index (κ2) is 5.44. The molecule has 3 heteroatoms. The fourth-order valence-electron chi connectivity index (χ4n) is 2.28. The lowest BCUT2D eigenvalue weighted by atomic mass is 10.1. The van der Waals surface area contributed by atoms with Gasteiger partial charge < -0.3 is 10.1 Å². The maximum atomic E-state index is 12.3. The van der Waals surface area contributed by atoms with Crippen LogP contribution in [0.25, 0.3) is 6.08 Å². The summed E-state index contributed by atoms with van der Waals surface area (Å²) in [4.78, 5) is 12.3. The van der Waals surface area contributed by atoms with E-state index in [1.165, 1.54) is 5.56 Å². The summed E-state index contributed by atoms with van der Waals surface area (Å²) in [5.41, 5.74) is 4.75. The Bertz CT molecular complexity index is 732. The normalized spacial score (nSPS) is 13.0. The number of aryl methyl sites for hydroxylation is 2. The van der Waals surface area contributed by atoms with Crippen molar-refractivity contribution < 1.29 is 9.53 Å². The largest absolute Gasteiger partial charge is 0.488 e. The summed E-state index contributed by atoms with van der Waals surface area (Å²) in [5.74, 6) is 0.702. The van der Waals surface area contributed by atoms with E-state index in [0.29, 0.717) is 12.2 Å². The molecule has 0 aromatic heterocycles. The summed E-state index contributed by atoms with van der Waals surface area (Å²) < 4.78 is 5.61. The Hall–Kier alpha value is -2.55. The van der Waals surface area contributed by atoms with Crippen LogP contribution in [-0.4, -0.2) is 12.5 Å². The SMILES string of the molecule is Cc1ccc(NC(=O)C2=Cc3ccccc3OC2)cc1C. The molecule has 3 rings (SSSR count). The van der Waals surface area contributed by atoms with Gasteiger partial charge in [-0.2, -0.15) is 0 Å². The molecule has 0 spiro atoms. The number of carbonyl (C=O) groups is 1. The Morgan fingerprint density at radius 1 is 1.10 bits per heavy atom. The number of nitrogens with one attached hydrogen (secondary N) is 1. The summed E-state index contributed by atoms with van der Waals surface area (Å²) in [6.07, 6.45) is 1.88. The van der Waals surface area contributed by atoms with E-state index < -0.39 is 0 Å². The predicted octanol–water partition coefficient (Wildman–Crippen LogP) is 3.72. The average molecular weight is 279 g/mol. The van der Waals surface area contributed by atoms with Crippen LogP contribution in [0.4, 0.5) is 5.69 Å². The van der Waals surface area contributed by atoms with Gasteiger partial charge in [0.15, 0.2) is 0 Å². The van der Waals surface area contributed by atoms with Crippen molar-refractivity contribution in [1.29, 1.82) is 0 Å². The van der Waals surface area contributed by atoms with Gasteiger partial charge in [-0.1, -0.05) is 24.3 Å². The van der Waals surface area contributed by atoms with Gasteiger partial charge >= 0.3 is 0 Å². The van der Waals surface area contributed by atoms with Crippen molar-refractivity contribution in [1.82, 2.24) is 0 Å². The van der Waals surface area contributed by atoms with Crippen molar-refractivity contribution >= 4 is 17.7 Å². The minimum atomic E-state index is -0.118. The molecule has 1 amide bonds. The topological polar surface area (TPSA) is 38.3 Å². The molecular formula is C18H17NO2. The number of ether oxygens (including phenoxy) is 1. The zero-order valence-corrected chi connectivity index (χ0v) is 12.1. The third kappa shape index (κ3) is 2.82. The number of fused-ring (bicyclic) bond motifs is 1. The number of carbonyl (C=O) groups excluding carboxylic acids is 1. The van der Waals surface area contributed by atoms with Gasteiger partial charge in [0.25, 0.3) is 5.91 Å². The van der Waals surface area contributed by atoms with Crippen molar-refractivity contribution in [3.05, 3.63) is 64.7 Å². The maximum absolute atomic E-state index is 12.3. The minimum Gasteiger partial charge on any atom is -0.488 e. The van der Waals surface area contributed by atoms with Crippen LogP contribution < -0.4 is 10.1 Å². The van der Waals surface area contributed by atoms with Crippen molar-refractivity contribution in [3.63, 3.8) is 0 Å². The molecule has 106 valence electrons. The van der Waals surface area contributed by atoms with E-state index in [1.807, 2.05) is 55.5 Å². The third-order valence-corrected chi connectivity index (χ3v) is 3.69. The molecule has 0 unspecified atom stereocenters. The van der Waals surface area contributed by atoms with Gasteiger partial charge in [-0.05, 0) is 49.2 Å². The average Bonchev–Trinajstić information content (AvgIpc) is 2.50. The van der Waals surface area contributed by atoms with Crippen LogP contribution >= 0.6 is 0 Å². The van der Waals surface area contributed by atoms with Crippen LogP contribution in [0.3, 0.4) is 0 Å². The standard InChI is InChI=1S/C18H17NO2/c1-12-7-8-16(9-13(12)2)19-18(20)15-10-14-5-3-4-6-17(14)21-11-15/h3-10H,11H2,1-2H3,(H,19,20). The molecule has 0 fully saturated rings. The van der Waals surface area contributed by atoms with Gasteiger partial charge in [0.1, 0.15) is 12.4 Å².